The highest BCUT2D eigenvalue weighted by Gasteiger charge is 2.38. The van der Waals surface area contributed by atoms with Gasteiger partial charge < -0.3 is 14.2 Å². The van der Waals surface area contributed by atoms with E-state index in [1.165, 1.54) is 6.92 Å². The SMILES string of the molecule is CC(=O)N1CCC(C(=O)N(Cc2ccc(-c3nnc(C(F)(F)F)o3)cc2)c2ccccc2)CC1. The third-order valence-electron chi connectivity index (χ3n) is 5.83. The first-order chi connectivity index (χ1) is 16.2. The van der Waals surface area contributed by atoms with Crippen molar-refractivity contribution < 1.29 is 27.2 Å². The summed E-state index contributed by atoms with van der Waals surface area (Å²) in [6, 6.07) is 15.9. The van der Waals surface area contributed by atoms with E-state index in [4.69, 9.17) is 4.42 Å². The molecule has 3 aromatic rings. The van der Waals surface area contributed by atoms with Crippen LogP contribution in [0.3, 0.4) is 0 Å². The van der Waals surface area contributed by atoms with Crippen molar-refractivity contribution in [3.05, 3.63) is 66.1 Å². The van der Waals surface area contributed by atoms with Crippen molar-refractivity contribution >= 4 is 17.5 Å². The minimum Gasteiger partial charge on any atom is -0.413 e. The Balaban J connectivity index is 1.51. The number of hydrogen-bond acceptors (Lipinski definition) is 5. The zero-order valence-corrected chi connectivity index (χ0v) is 18.5. The van der Waals surface area contributed by atoms with Gasteiger partial charge in [-0.1, -0.05) is 30.3 Å². The summed E-state index contributed by atoms with van der Waals surface area (Å²) in [5.74, 6) is -1.84. The highest BCUT2D eigenvalue weighted by Crippen LogP contribution is 2.31. The lowest BCUT2D eigenvalue weighted by molar-refractivity contribution is -0.157. The molecule has 1 fully saturated rings. The van der Waals surface area contributed by atoms with Crippen LogP contribution in [0.15, 0.2) is 59.0 Å². The van der Waals surface area contributed by atoms with Gasteiger partial charge in [0.25, 0.3) is 0 Å². The average Bonchev–Trinajstić information content (AvgIpc) is 3.34. The molecule has 178 valence electrons. The number of halogens is 3. The number of carbonyl (C=O) groups excluding carboxylic acids is 2. The normalized spacial score (nSPS) is 14.8. The first-order valence-corrected chi connectivity index (χ1v) is 10.8. The Morgan fingerprint density at radius 1 is 1.03 bits per heavy atom. The topological polar surface area (TPSA) is 79.5 Å². The summed E-state index contributed by atoms with van der Waals surface area (Å²) in [5.41, 5.74) is 1.89. The van der Waals surface area contributed by atoms with Crippen LogP contribution in [0.1, 0.15) is 31.2 Å². The zero-order valence-electron chi connectivity index (χ0n) is 18.5. The van der Waals surface area contributed by atoms with Gasteiger partial charge in [0.1, 0.15) is 0 Å². The maximum atomic E-state index is 13.4. The van der Waals surface area contributed by atoms with Crippen LogP contribution in [0, 0.1) is 5.92 Å². The number of piperidine rings is 1. The smallest absolute Gasteiger partial charge is 0.413 e. The summed E-state index contributed by atoms with van der Waals surface area (Å²) >= 11 is 0. The Labute approximate surface area is 194 Å². The molecule has 10 heteroatoms. The van der Waals surface area contributed by atoms with E-state index in [0.717, 1.165) is 11.3 Å². The molecule has 34 heavy (non-hydrogen) atoms. The number of hydrogen-bond donors (Lipinski definition) is 0. The van der Waals surface area contributed by atoms with Gasteiger partial charge in [-0.3, -0.25) is 9.59 Å². The second kappa shape index (κ2) is 9.66. The summed E-state index contributed by atoms with van der Waals surface area (Å²) in [6.07, 6.45) is -3.51. The van der Waals surface area contributed by atoms with E-state index in [1.807, 2.05) is 30.3 Å². The minimum absolute atomic E-state index is 0.00880. The summed E-state index contributed by atoms with van der Waals surface area (Å²) in [7, 11) is 0. The van der Waals surface area contributed by atoms with Gasteiger partial charge in [-0.25, -0.2) is 0 Å². The molecular formula is C24H23F3N4O3. The Bertz CT molecular complexity index is 1140. The fraction of sp³-hybridized carbons (Fsp3) is 0.333. The van der Waals surface area contributed by atoms with Crippen molar-refractivity contribution in [1.82, 2.24) is 15.1 Å². The van der Waals surface area contributed by atoms with Crippen molar-refractivity contribution in [3.63, 3.8) is 0 Å². The first-order valence-electron chi connectivity index (χ1n) is 10.8. The number of likely N-dealkylation sites (tertiary alicyclic amines) is 1. The molecule has 0 radical (unpaired) electrons. The maximum absolute atomic E-state index is 13.4. The number of nitrogens with zero attached hydrogens (tertiary/aromatic N) is 4. The van der Waals surface area contributed by atoms with Crippen molar-refractivity contribution in [3.8, 4) is 11.5 Å². The highest BCUT2D eigenvalue weighted by molar-refractivity contribution is 5.95. The van der Waals surface area contributed by atoms with Crippen molar-refractivity contribution in [2.75, 3.05) is 18.0 Å². The molecule has 0 saturated carbocycles. The number of amides is 2. The van der Waals surface area contributed by atoms with Gasteiger partial charge in [0.15, 0.2) is 0 Å². The number of aromatic nitrogens is 2. The molecule has 2 amide bonds. The lowest BCUT2D eigenvalue weighted by atomic mass is 9.94. The number of anilines is 1. The second-order valence-electron chi connectivity index (χ2n) is 8.15. The van der Waals surface area contributed by atoms with Gasteiger partial charge in [-0.05, 0) is 42.7 Å². The molecule has 0 N–H and O–H groups in total. The monoisotopic (exact) mass is 472 g/mol. The van der Waals surface area contributed by atoms with Gasteiger partial charge in [0, 0.05) is 37.2 Å². The van der Waals surface area contributed by atoms with E-state index in [0.29, 0.717) is 31.5 Å². The molecule has 2 aromatic carbocycles. The van der Waals surface area contributed by atoms with Crippen molar-refractivity contribution in [2.45, 2.75) is 32.5 Å². The summed E-state index contributed by atoms with van der Waals surface area (Å²) in [6.45, 7) is 2.91. The van der Waals surface area contributed by atoms with Crippen molar-refractivity contribution in [1.29, 1.82) is 0 Å². The molecular weight excluding hydrogens is 449 g/mol. The number of alkyl halides is 3. The Kier molecular flexibility index (Phi) is 6.67. The van der Waals surface area contributed by atoms with Gasteiger partial charge >= 0.3 is 12.1 Å². The minimum atomic E-state index is -4.71. The van der Waals surface area contributed by atoms with Crippen LogP contribution >= 0.6 is 0 Å². The van der Waals surface area contributed by atoms with Crippen LogP contribution in [0.2, 0.25) is 0 Å². The third-order valence-corrected chi connectivity index (χ3v) is 5.83. The van der Waals surface area contributed by atoms with Crippen LogP contribution in [0.5, 0.6) is 0 Å². The van der Waals surface area contributed by atoms with Gasteiger partial charge in [-0.2, -0.15) is 13.2 Å². The van der Waals surface area contributed by atoms with E-state index in [-0.39, 0.29) is 30.2 Å². The molecule has 0 bridgehead atoms. The quantitative estimate of drug-likeness (QED) is 0.545. The molecule has 0 spiro atoms. The fourth-order valence-electron chi connectivity index (χ4n) is 3.96. The van der Waals surface area contributed by atoms with E-state index in [1.54, 1.807) is 34.1 Å². The number of rotatable bonds is 5. The summed E-state index contributed by atoms with van der Waals surface area (Å²) in [4.78, 5) is 28.5. The second-order valence-corrected chi connectivity index (χ2v) is 8.15. The molecule has 7 nitrogen and oxygen atoms in total. The molecule has 0 unspecified atom stereocenters. The number of benzene rings is 2. The molecule has 2 heterocycles. The molecule has 1 aliphatic heterocycles. The molecule has 4 rings (SSSR count). The average molecular weight is 472 g/mol. The maximum Gasteiger partial charge on any atom is 0.470 e. The van der Waals surface area contributed by atoms with Crippen LogP contribution in [0.25, 0.3) is 11.5 Å². The van der Waals surface area contributed by atoms with E-state index in [2.05, 4.69) is 10.2 Å². The lowest BCUT2D eigenvalue weighted by Crippen LogP contribution is -2.43. The van der Waals surface area contributed by atoms with Crippen LogP contribution in [-0.2, 0) is 22.3 Å². The van der Waals surface area contributed by atoms with E-state index < -0.39 is 12.1 Å². The zero-order chi connectivity index (χ0) is 24.3. The summed E-state index contributed by atoms with van der Waals surface area (Å²) < 4.78 is 42.9. The third kappa shape index (κ3) is 5.27. The summed E-state index contributed by atoms with van der Waals surface area (Å²) in [5, 5.41) is 6.52. The predicted molar refractivity (Wildman–Crippen MR) is 117 cm³/mol. The highest BCUT2D eigenvalue weighted by atomic mass is 19.4. The Morgan fingerprint density at radius 2 is 1.68 bits per heavy atom. The molecule has 0 aliphatic carbocycles. The molecule has 0 atom stereocenters. The van der Waals surface area contributed by atoms with Gasteiger partial charge in [0.05, 0.1) is 6.54 Å². The Morgan fingerprint density at radius 3 is 2.24 bits per heavy atom. The van der Waals surface area contributed by atoms with Crippen LogP contribution < -0.4 is 4.90 Å². The number of carbonyl (C=O) groups is 2. The largest absolute Gasteiger partial charge is 0.470 e. The Hall–Kier alpha value is -3.69. The van der Waals surface area contributed by atoms with E-state index in [9.17, 15) is 22.8 Å². The molecule has 1 aliphatic rings. The van der Waals surface area contributed by atoms with Gasteiger partial charge in [-0.15, -0.1) is 10.2 Å². The van der Waals surface area contributed by atoms with Crippen molar-refractivity contribution in [2.24, 2.45) is 5.92 Å². The predicted octanol–water partition coefficient (Wildman–Crippen LogP) is 4.55. The van der Waals surface area contributed by atoms with E-state index >= 15 is 0 Å². The van der Waals surface area contributed by atoms with Crippen LogP contribution in [-0.4, -0.2) is 40.0 Å². The standard InChI is InChI=1S/C24H23F3N4O3/c1-16(32)30-13-11-19(12-14-30)22(33)31(20-5-3-2-4-6-20)15-17-7-9-18(10-8-17)21-28-29-23(34-21)24(25,26)27/h2-10,19H,11-15H2,1H3. The molecule has 1 saturated heterocycles. The first kappa shape index (κ1) is 23.5. The molecule has 1 aromatic heterocycles. The lowest BCUT2D eigenvalue weighted by Gasteiger charge is -2.34. The number of para-hydroxylation sites is 1. The van der Waals surface area contributed by atoms with Gasteiger partial charge in [0.2, 0.25) is 17.7 Å². The van der Waals surface area contributed by atoms with Crippen LogP contribution in [0.4, 0.5) is 18.9 Å². The fourth-order valence-corrected chi connectivity index (χ4v) is 3.96.